The van der Waals surface area contributed by atoms with Gasteiger partial charge in [-0.15, -0.1) is 0 Å². The van der Waals surface area contributed by atoms with Gasteiger partial charge in [-0.1, -0.05) is 28.1 Å². The monoisotopic (exact) mass is 237 g/mol. The van der Waals surface area contributed by atoms with E-state index in [-0.39, 0.29) is 12.0 Å². The predicted molar refractivity (Wildman–Crippen MR) is 43.6 cm³/mol. The van der Waals surface area contributed by atoms with Gasteiger partial charge in [0.25, 0.3) is 0 Å². The molecule has 0 atom stereocenters. The molecule has 4 heteroatoms. The summed E-state index contributed by atoms with van der Waals surface area (Å²) in [5, 5.41) is 0. The zero-order valence-electron chi connectivity index (χ0n) is 5.90. The molecule has 0 bridgehead atoms. The first-order valence-corrected chi connectivity index (χ1v) is 3.95. The first kappa shape index (κ1) is 9.58. The highest BCUT2D eigenvalue weighted by atomic mass is 79.9. The van der Waals surface area contributed by atoms with Crippen LogP contribution < -0.4 is 0 Å². The van der Waals surface area contributed by atoms with Gasteiger partial charge < -0.3 is 0 Å². The molecule has 0 aromatic heterocycles. The van der Waals surface area contributed by atoms with Crippen molar-refractivity contribution in [1.29, 1.82) is 0 Å². The summed E-state index contributed by atoms with van der Waals surface area (Å²) >= 11 is 3.13. The predicted octanol–water partition coefficient (Wildman–Crippen LogP) is 3.56. The van der Waals surface area contributed by atoms with Gasteiger partial charge >= 0.3 is 6.18 Å². The number of hydrogen-bond donors (Lipinski definition) is 0. The van der Waals surface area contributed by atoms with Crippen LogP contribution in [0.4, 0.5) is 13.2 Å². The van der Waals surface area contributed by atoms with Gasteiger partial charge in [0.05, 0.1) is 6.42 Å². The molecule has 0 amide bonds. The second-order valence-corrected chi connectivity index (χ2v) is 3.15. The fraction of sp³-hybridized carbons (Fsp3) is 0.125. The molecule has 12 heavy (non-hydrogen) atoms. The van der Waals surface area contributed by atoms with Crippen molar-refractivity contribution in [2.45, 2.75) is 6.18 Å². The van der Waals surface area contributed by atoms with Crippen LogP contribution >= 0.6 is 15.9 Å². The Morgan fingerprint density at radius 1 is 1.08 bits per heavy atom. The van der Waals surface area contributed by atoms with Gasteiger partial charge in [0.15, 0.2) is 0 Å². The number of benzene rings is 1. The Kier molecular flexibility index (Phi) is 2.77. The van der Waals surface area contributed by atoms with E-state index in [9.17, 15) is 13.2 Å². The first-order chi connectivity index (χ1) is 5.47. The molecule has 0 fully saturated rings. The fourth-order valence-corrected chi connectivity index (χ4v) is 1.01. The number of alkyl halides is 3. The zero-order chi connectivity index (χ0) is 9.19. The summed E-state index contributed by atoms with van der Waals surface area (Å²) in [7, 11) is 0. The van der Waals surface area contributed by atoms with E-state index in [1.54, 1.807) is 12.1 Å². The molecule has 1 radical (unpaired) electrons. The summed E-state index contributed by atoms with van der Waals surface area (Å²) in [6.07, 6.45) is -3.98. The minimum Gasteiger partial charge on any atom is -0.170 e. The van der Waals surface area contributed by atoms with Crippen molar-refractivity contribution < 1.29 is 13.2 Å². The van der Waals surface area contributed by atoms with Crippen LogP contribution in [0.5, 0.6) is 0 Å². The molecule has 0 saturated carbocycles. The van der Waals surface area contributed by atoms with Gasteiger partial charge in [-0.25, -0.2) is 0 Å². The topological polar surface area (TPSA) is 0 Å². The summed E-state index contributed by atoms with van der Waals surface area (Å²) in [5.41, 5.74) is 0.158. The lowest BCUT2D eigenvalue weighted by Gasteiger charge is -2.04. The maximum Gasteiger partial charge on any atom is 0.396 e. The van der Waals surface area contributed by atoms with Crippen LogP contribution in [-0.4, -0.2) is 6.18 Å². The maximum absolute atomic E-state index is 11.8. The van der Waals surface area contributed by atoms with Gasteiger partial charge in [-0.05, 0) is 17.7 Å². The summed E-state index contributed by atoms with van der Waals surface area (Å²) in [5.74, 6) is 0. The lowest BCUT2D eigenvalue weighted by atomic mass is 10.1. The maximum atomic E-state index is 11.8. The molecule has 0 heterocycles. The van der Waals surface area contributed by atoms with Crippen LogP contribution in [0.1, 0.15) is 5.56 Å². The van der Waals surface area contributed by atoms with Crippen molar-refractivity contribution in [1.82, 2.24) is 0 Å². The summed E-state index contributed by atoms with van der Waals surface area (Å²) in [4.78, 5) is 0. The molecular formula is C8H5BrF3. The Bertz CT molecular complexity index is 250. The quantitative estimate of drug-likeness (QED) is 0.701. The molecule has 0 nitrogen and oxygen atoms in total. The highest BCUT2D eigenvalue weighted by Gasteiger charge is 2.27. The van der Waals surface area contributed by atoms with Crippen molar-refractivity contribution in [2.75, 3.05) is 0 Å². The molecule has 0 aliphatic carbocycles. The Labute approximate surface area is 76.5 Å². The Morgan fingerprint density at radius 3 is 2.00 bits per heavy atom. The van der Waals surface area contributed by atoms with E-state index in [1.165, 1.54) is 12.1 Å². The lowest BCUT2D eigenvalue weighted by molar-refractivity contribution is -0.0927. The van der Waals surface area contributed by atoms with Crippen LogP contribution in [0, 0.1) is 6.42 Å². The van der Waals surface area contributed by atoms with Crippen LogP contribution in [-0.2, 0) is 0 Å². The van der Waals surface area contributed by atoms with E-state index in [4.69, 9.17) is 0 Å². The number of halogens is 4. The van der Waals surface area contributed by atoms with Gasteiger partial charge in [0.1, 0.15) is 0 Å². The van der Waals surface area contributed by atoms with Crippen molar-refractivity contribution in [3.8, 4) is 0 Å². The number of rotatable bonds is 1. The van der Waals surface area contributed by atoms with E-state index < -0.39 is 6.18 Å². The van der Waals surface area contributed by atoms with Gasteiger partial charge in [-0.3, -0.25) is 0 Å². The standard InChI is InChI=1S/C8H5BrF3/c9-7-3-1-6(2-4-7)5-8(10,11)12/h1-5H. The highest BCUT2D eigenvalue weighted by Crippen LogP contribution is 2.24. The smallest absolute Gasteiger partial charge is 0.170 e. The van der Waals surface area contributed by atoms with Crippen molar-refractivity contribution in [2.24, 2.45) is 0 Å². The third-order valence-electron chi connectivity index (χ3n) is 1.20. The van der Waals surface area contributed by atoms with E-state index in [0.717, 1.165) is 4.47 Å². The van der Waals surface area contributed by atoms with Crippen molar-refractivity contribution in [3.05, 3.63) is 40.7 Å². The molecule has 1 rings (SSSR count). The second-order valence-electron chi connectivity index (χ2n) is 2.24. The minimum absolute atomic E-state index is 0.158. The molecule has 0 aliphatic heterocycles. The Morgan fingerprint density at radius 2 is 1.58 bits per heavy atom. The first-order valence-electron chi connectivity index (χ1n) is 3.15. The average Bonchev–Trinajstić information content (AvgIpc) is 1.91. The largest absolute Gasteiger partial charge is 0.396 e. The molecule has 65 valence electrons. The third-order valence-corrected chi connectivity index (χ3v) is 1.73. The Balaban J connectivity index is 2.71. The highest BCUT2D eigenvalue weighted by molar-refractivity contribution is 9.10. The summed E-state index contributed by atoms with van der Waals surface area (Å²) in [6.45, 7) is 0. The molecule has 1 aromatic carbocycles. The van der Waals surface area contributed by atoms with Crippen LogP contribution in [0.15, 0.2) is 28.7 Å². The van der Waals surface area contributed by atoms with Crippen LogP contribution in [0.25, 0.3) is 0 Å². The molecule has 0 aliphatic rings. The van der Waals surface area contributed by atoms with Crippen LogP contribution in [0.3, 0.4) is 0 Å². The average molecular weight is 238 g/mol. The van der Waals surface area contributed by atoms with Gasteiger partial charge in [0.2, 0.25) is 0 Å². The zero-order valence-corrected chi connectivity index (χ0v) is 7.48. The van der Waals surface area contributed by atoms with E-state index in [1.807, 2.05) is 0 Å². The second kappa shape index (κ2) is 3.47. The molecule has 0 unspecified atom stereocenters. The minimum atomic E-state index is -4.24. The summed E-state index contributed by atoms with van der Waals surface area (Å²) < 4.78 is 36.1. The molecule has 1 aromatic rings. The normalized spacial score (nSPS) is 11.7. The SMILES string of the molecule is FC(F)(F)[CH]c1ccc(Br)cc1. The molecule has 0 N–H and O–H groups in total. The van der Waals surface area contributed by atoms with Crippen molar-refractivity contribution in [3.63, 3.8) is 0 Å². The number of hydrogen-bond acceptors (Lipinski definition) is 0. The van der Waals surface area contributed by atoms with Gasteiger partial charge in [-0.2, -0.15) is 13.2 Å². The van der Waals surface area contributed by atoms with Crippen molar-refractivity contribution >= 4 is 15.9 Å². The van der Waals surface area contributed by atoms with E-state index in [0.29, 0.717) is 0 Å². The van der Waals surface area contributed by atoms with E-state index in [2.05, 4.69) is 15.9 Å². The molecular weight excluding hydrogens is 233 g/mol. The molecule has 0 saturated heterocycles. The molecule has 0 spiro atoms. The van der Waals surface area contributed by atoms with Crippen LogP contribution in [0.2, 0.25) is 0 Å². The lowest BCUT2D eigenvalue weighted by Crippen LogP contribution is -2.08. The fourth-order valence-electron chi connectivity index (χ4n) is 0.748. The van der Waals surface area contributed by atoms with Gasteiger partial charge in [0, 0.05) is 4.47 Å². The summed E-state index contributed by atoms with van der Waals surface area (Å²) in [6, 6.07) is 5.93. The Hall–Kier alpha value is -0.510. The van der Waals surface area contributed by atoms with E-state index >= 15 is 0 Å². The third kappa shape index (κ3) is 3.26.